The zero-order valence-electron chi connectivity index (χ0n) is 22.1. The quantitative estimate of drug-likeness (QED) is 0.422. The third kappa shape index (κ3) is 5.66. The van der Waals surface area contributed by atoms with Crippen molar-refractivity contribution < 1.29 is 27.2 Å². The molecule has 1 N–H and O–H groups in total. The molecule has 0 spiro atoms. The molecule has 1 saturated carbocycles. The first-order valence-electron chi connectivity index (χ1n) is 12.7. The number of halogens is 3. The van der Waals surface area contributed by atoms with E-state index >= 15 is 0 Å². The molecule has 2 fully saturated rings. The molecule has 1 aliphatic heterocycles. The van der Waals surface area contributed by atoms with Gasteiger partial charge in [-0.2, -0.15) is 13.2 Å². The number of nitrogens with one attached hydrogen (secondary N) is 1. The van der Waals surface area contributed by atoms with Gasteiger partial charge in [0.2, 0.25) is 0 Å². The van der Waals surface area contributed by atoms with Crippen molar-refractivity contribution in [1.29, 1.82) is 0 Å². The van der Waals surface area contributed by atoms with Gasteiger partial charge in [-0.3, -0.25) is 0 Å². The lowest BCUT2D eigenvalue weighted by atomic mass is 9.72. The Kier molecular flexibility index (Phi) is 7.41. The van der Waals surface area contributed by atoms with E-state index in [1.54, 1.807) is 18.2 Å². The van der Waals surface area contributed by atoms with Gasteiger partial charge in [-0.25, -0.2) is 0 Å². The molecular formula is C28H38F3NO3S. The topological polar surface area (TPSA) is 53.5 Å². The van der Waals surface area contributed by atoms with Crippen LogP contribution in [0.25, 0.3) is 10.8 Å². The number of benzene rings is 2. The van der Waals surface area contributed by atoms with Crippen molar-refractivity contribution in [2.75, 3.05) is 13.2 Å². The fraction of sp³-hybridized carbons (Fsp3) is 0.643. The largest absolute Gasteiger partial charge is 0.598 e. The van der Waals surface area contributed by atoms with Gasteiger partial charge in [0.25, 0.3) is 0 Å². The van der Waals surface area contributed by atoms with Crippen molar-refractivity contribution in [2.45, 2.75) is 89.8 Å². The van der Waals surface area contributed by atoms with Crippen molar-refractivity contribution in [3.63, 3.8) is 0 Å². The van der Waals surface area contributed by atoms with Crippen LogP contribution in [0, 0.1) is 11.3 Å². The molecule has 0 aromatic heterocycles. The first-order valence-corrected chi connectivity index (χ1v) is 13.8. The van der Waals surface area contributed by atoms with E-state index in [1.165, 1.54) is 12.1 Å². The highest BCUT2D eigenvalue weighted by atomic mass is 32.2. The lowest BCUT2D eigenvalue weighted by molar-refractivity contribution is -0.138. The molecule has 200 valence electrons. The molecule has 36 heavy (non-hydrogen) atoms. The predicted molar refractivity (Wildman–Crippen MR) is 138 cm³/mol. The summed E-state index contributed by atoms with van der Waals surface area (Å²) in [7, 11) is 0. The van der Waals surface area contributed by atoms with Crippen molar-refractivity contribution in [2.24, 2.45) is 11.3 Å². The lowest BCUT2D eigenvalue weighted by Gasteiger charge is -2.43. The molecule has 0 unspecified atom stereocenters. The van der Waals surface area contributed by atoms with Crippen LogP contribution in [0.15, 0.2) is 30.3 Å². The van der Waals surface area contributed by atoms with E-state index in [0.29, 0.717) is 24.5 Å². The average molecular weight is 526 g/mol. The molecule has 0 amide bonds. The first kappa shape index (κ1) is 27.6. The number of hydrogen-bond acceptors (Lipinski definition) is 4. The highest BCUT2D eigenvalue weighted by Gasteiger charge is 2.47. The van der Waals surface area contributed by atoms with Crippen molar-refractivity contribution in [3.05, 3.63) is 41.5 Å². The summed E-state index contributed by atoms with van der Waals surface area (Å²) in [6.07, 6.45) is -1.33. The third-order valence-electron chi connectivity index (χ3n) is 7.55. The number of ether oxygens (including phenoxy) is 2. The van der Waals surface area contributed by atoms with Crippen LogP contribution in [-0.2, 0) is 27.8 Å². The molecule has 8 heteroatoms. The fourth-order valence-corrected chi connectivity index (χ4v) is 6.04. The molecule has 2 aromatic carbocycles. The molecule has 2 aliphatic rings. The van der Waals surface area contributed by atoms with Gasteiger partial charge >= 0.3 is 6.18 Å². The van der Waals surface area contributed by atoms with E-state index < -0.39 is 33.4 Å². The van der Waals surface area contributed by atoms with Crippen LogP contribution in [0.5, 0.6) is 5.75 Å². The summed E-state index contributed by atoms with van der Waals surface area (Å²) in [5.74, 6) is 0.453. The zero-order chi connectivity index (χ0) is 26.5. The maximum absolute atomic E-state index is 14.3. The smallest absolute Gasteiger partial charge is 0.420 e. The van der Waals surface area contributed by atoms with E-state index in [0.717, 1.165) is 31.2 Å². The van der Waals surface area contributed by atoms with Gasteiger partial charge in [0.05, 0.1) is 19.3 Å². The minimum absolute atomic E-state index is 0.101. The van der Waals surface area contributed by atoms with Gasteiger partial charge in [0.1, 0.15) is 21.6 Å². The second kappa shape index (κ2) is 9.68. The Morgan fingerprint density at radius 1 is 0.972 bits per heavy atom. The lowest BCUT2D eigenvalue weighted by Crippen LogP contribution is -2.61. The van der Waals surface area contributed by atoms with Gasteiger partial charge in [0, 0.05) is 11.4 Å². The standard InChI is InChI=1S/C28H38F3NO3S/c1-25(2,3)19-8-11-21(12-9-19)35-23-14-7-18-15-20(10-13-22(18)24(23)28(29,30)31)27(16-34-17-27)32-36(33)26(4,5)6/h7,10,13-15,19,21,32H,8-9,11-12,16-17H2,1-6H3/t19-,21-,36-/m1/s1. The first-order chi connectivity index (χ1) is 16.6. The molecular weight excluding hydrogens is 487 g/mol. The summed E-state index contributed by atoms with van der Waals surface area (Å²) in [5.41, 5.74) is -0.457. The van der Waals surface area contributed by atoms with Crippen molar-refractivity contribution >= 4 is 22.1 Å². The van der Waals surface area contributed by atoms with Crippen LogP contribution in [0.4, 0.5) is 13.2 Å². The molecule has 0 radical (unpaired) electrons. The van der Waals surface area contributed by atoms with E-state index in [1.807, 2.05) is 20.8 Å². The zero-order valence-corrected chi connectivity index (χ0v) is 22.9. The summed E-state index contributed by atoms with van der Waals surface area (Å²) in [4.78, 5) is 0. The van der Waals surface area contributed by atoms with Crippen LogP contribution >= 0.6 is 0 Å². The Labute approximate surface area is 215 Å². The van der Waals surface area contributed by atoms with E-state index in [-0.39, 0.29) is 22.7 Å². The summed E-state index contributed by atoms with van der Waals surface area (Å²) in [6.45, 7) is 12.9. The summed E-state index contributed by atoms with van der Waals surface area (Å²) < 4.78 is 69.9. The number of rotatable bonds is 5. The minimum Gasteiger partial charge on any atom is -0.598 e. The summed E-state index contributed by atoms with van der Waals surface area (Å²) in [6, 6.07) is 8.09. The van der Waals surface area contributed by atoms with Crippen LogP contribution in [0.1, 0.15) is 78.4 Å². The highest BCUT2D eigenvalue weighted by molar-refractivity contribution is 7.90. The Morgan fingerprint density at radius 3 is 2.11 bits per heavy atom. The normalized spacial score (nSPS) is 23.8. The molecule has 4 rings (SSSR count). The second-order valence-electron chi connectivity index (χ2n) is 12.4. The van der Waals surface area contributed by atoms with Gasteiger partial charge in [-0.05, 0) is 86.3 Å². The van der Waals surface area contributed by atoms with Crippen molar-refractivity contribution in [1.82, 2.24) is 4.72 Å². The number of fused-ring (bicyclic) bond motifs is 1. The highest BCUT2D eigenvalue weighted by Crippen LogP contribution is 2.45. The van der Waals surface area contributed by atoms with Crippen LogP contribution in [0.3, 0.4) is 0 Å². The van der Waals surface area contributed by atoms with Crippen LogP contribution in [0.2, 0.25) is 0 Å². The summed E-state index contributed by atoms with van der Waals surface area (Å²) in [5, 5.41) is 0.581. The van der Waals surface area contributed by atoms with Crippen molar-refractivity contribution in [3.8, 4) is 5.75 Å². The van der Waals surface area contributed by atoms with Gasteiger partial charge in [-0.1, -0.05) is 39.0 Å². The van der Waals surface area contributed by atoms with Crippen LogP contribution in [-0.4, -0.2) is 28.6 Å². The SMILES string of the molecule is CC(C)(C)[S@@+]([O-])NC1(c2ccc3c(C(F)(F)F)c(O[C@H]4CC[C@H](C(C)(C)C)CC4)ccc3c2)COC1. The maximum atomic E-state index is 14.3. The monoisotopic (exact) mass is 525 g/mol. The molecule has 1 heterocycles. The van der Waals surface area contributed by atoms with Gasteiger partial charge < -0.3 is 14.0 Å². The maximum Gasteiger partial charge on any atom is 0.420 e. The number of alkyl halides is 3. The molecule has 0 bridgehead atoms. The average Bonchev–Trinajstić information content (AvgIpc) is 2.73. The predicted octanol–water partition coefficient (Wildman–Crippen LogP) is 7.12. The molecule has 4 nitrogen and oxygen atoms in total. The van der Waals surface area contributed by atoms with Gasteiger partial charge in [0.15, 0.2) is 0 Å². The minimum atomic E-state index is -4.55. The Morgan fingerprint density at radius 2 is 1.61 bits per heavy atom. The second-order valence-corrected chi connectivity index (χ2v) is 14.4. The molecule has 2 aromatic rings. The Balaban J connectivity index is 1.63. The van der Waals surface area contributed by atoms with Gasteiger partial charge in [-0.15, -0.1) is 4.72 Å². The molecule has 1 atom stereocenters. The van der Waals surface area contributed by atoms with E-state index in [4.69, 9.17) is 9.47 Å². The Bertz CT molecular complexity index is 1080. The van der Waals surface area contributed by atoms with Crippen LogP contribution < -0.4 is 9.46 Å². The Hall–Kier alpha value is -1.48. The fourth-order valence-electron chi connectivity index (χ4n) is 5.15. The molecule has 1 saturated heterocycles. The number of hydrogen-bond donors (Lipinski definition) is 1. The molecule has 1 aliphatic carbocycles. The third-order valence-corrected chi connectivity index (χ3v) is 9.24. The summed E-state index contributed by atoms with van der Waals surface area (Å²) >= 11 is -1.35. The van der Waals surface area contributed by atoms with E-state index in [9.17, 15) is 17.7 Å². The van der Waals surface area contributed by atoms with E-state index in [2.05, 4.69) is 25.5 Å².